The molecule has 1 saturated carbocycles. The average molecular weight is 415 g/mol. The van der Waals surface area contributed by atoms with E-state index in [1.54, 1.807) is 6.92 Å². The molecular weight excluding hydrogens is 384 g/mol. The first-order valence-corrected chi connectivity index (χ1v) is 10.9. The number of hydrogen-bond donors (Lipinski definition) is 2. The number of imide groups is 1. The second-order valence-electron chi connectivity index (χ2n) is 8.41. The quantitative estimate of drug-likeness (QED) is 0.739. The Kier molecular flexibility index (Phi) is 5.94. The van der Waals surface area contributed by atoms with Crippen molar-refractivity contribution in [3.8, 4) is 0 Å². The van der Waals surface area contributed by atoms with Crippen LogP contribution >= 0.6 is 0 Å². The van der Waals surface area contributed by atoms with Crippen molar-refractivity contribution in [2.75, 3.05) is 36.5 Å². The molecule has 4 amide bonds. The van der Waals surface area contributed by atoms with Crippen LogP contribution in [0.15, 0.2) is 24.3 Å². The number of hydrogen-bond acceptors (Lipinski definition) is 5. The highest BCUT2D eigenvalue weighted by Gasteiger charge is 2.53. The number of nitrogens with zero attached hydrogens (tertiary/aromatic N) is 2. The fraction of sp³-hybridized carbons (Fsp3) is 0.591. The molecule has 0 radical (unpaired) electrons. The van der Waals surface area contributed by atoms with Crippen LogP contribution in [0.3, 0.4) is 0 Å². The van der Waals surface area contributed by atoms with Gasteiger partial charge in [0, 0.05) is 24.5 Å². The minimum absolute atomic E-state index is 0.264. The van der Waals surface area contributed by atoms with E-state index in [-0.39, 0.29) is 11.8 Å². The molecule has 1 aromatic carbocycles. The van der Waals surface area contributed by atoms with Crippen molar-refractivity contribution in [1.82, 2.24) is 10.2 Å². The van der Waals surface area contributed by atoms with Gasteiger partial charge in [0.05, 0.1) is 13.2 Å². The standard InChI is InChI=1S/C22H30N4O4/c1-16(26-20(28)22(24-21(26)29)10-4-2-3-5-11-22)19(27)23-17-6-8-18(9-7-17)25-12-14-30-15-13-25/h6-9,16H,2-5,10-15H2,1H3,(H,23,27)(H,24,29)/t16-/m1/s1. The van der Waals surface area contributed by atoms with Crippen molar-refractivity contribution in [3.63, 3.8) is 0 Å². The number of nitrogens with one attached hydrogen (secondary N) is 2. The summed E-state index contributed by atoms with van der Waals surface area (Å²) in [5, 5.41) is 5.73. The zero-order valence-corrected chi connectivity index (χ0v) is 17.5. The molecule has 4 rings (SSSR count). The molecule has 1 spiro atoms. The predicted octanol–water partition coefficient (Wildman–Crippen LogP) is 2.50. The van der Waals surface area contributed by atoms with Gasteiger partial charge >= 0.3 is 6.03 Å². The molecule has 8 heteroatoms. The van der Waals surface area contributed by atoms with Gasteiger partial charge in [-0.15, -0.1) is 0 Å². The van der Waals surface area contributed by atoms with Crippen molar-refractivity contribution in [2.24, 2.45) is 0 Å². The second-order valence-corrected chi connectivity index (χ2v) is 8.41. The Bertz CT molecular complexity index is 796. The Balaban J connectivity index is 1.40. The molecule has 1 aliphatic carbocycles. The second kappa shape index (κ2) is 8.63. The normalized spacial score (nSPS) is 22.6. The van der Waals surface area contributed by atoms with Gasteiger partial charge in [0.1, 0.15) is 11.6 Å². The number of ether oxygens (including phenoxy) is 1. The van der Waals surface area contributed by atoms with Gasteiger partial charge in [-0.05, 0) is 44.0 Å². The van der Waals surface area contributed by atoms with Crippen LogP contribution in [-0.2, 0) is 14.3 Å². The highest BCUT2D eigenvalue weighted by molar-refractivity contribution is 6.11. The van der Waals surface area contributed by atoms with Gasteiger partial charge in [-0.2, -0.15) is 0 Å². The van der Waals surface area contributed by atoms with Crippen LogP contribution in [0.4, 0.5) is 16.2 Å². The Morgan fingerprint density at radius 3 is 2.33 bits per heavy atom. The topological polar surface area (TPSA) is 91.0 Å². The molecule has 0 aromatic heterocycles. The third-order valence-corrected chi connectivity index (χ3v) is 6.43. The van der Waals surface area contributed by atoms with Gasteiger partial charge in [-0.25, -0.2) is 9.69 Å². The zero-order chi connectivity index (χ0) is 21.1. The number of benzene rings is 1. The Morgan fingerprint density at radius 2 is 1.70 bits per heavy atom. The van der Waals surface area contributed by atoms with Gasteiger partial charge < -0.3 is 20.3 Å². The summed E-state index contributed by atoms with van der Waals surface area (Å²) in [6, 6.07) is 6.26. The monoisotopic (exact) mass is 414 g/mol. The van der Waals surface area contributed by atoms with Gasteiger partial charge in [0.2, 0.25) is 5.91 Å². The average Bonchev–Trinajstić information content (AvgIpc) is 2.90. The minimum Gasteiger partial charge on any atom is -0.378 e. The molecule has 162 valence electrons. The largest absolute Gasteiger partial charge is 0.378 e. The summed E-state index contributed by atoms with van der Waals surface area (Å²) in [6.45, 7) is 4.71. The van der Waals surface area contributed by atoms with Crippen LogP contribution in [0, 0.1) is 0 Å². The molecule has 8 nitrogen and oxygen atoms in total. The molecule has 1 aromatic rings. The van der Waals surface area contributed by atoms with E-state index >= 15 is 0 Å². The molecule has 2 heterocycles. The van der Waals surface area contributed by atoms with Crippen molar-refractivity contribution >= 4 is 29.2 Å². The summed E-state index contributed by atoms with van der Waals surface area (Å²) >= 11 is 0. The molecule has 2 aliphatic heterocycles. The SMILES string of the molecule is C[C@H](C(=O)Nc1ccc(N2CCOCC2)cc1)N1C(=O)NC2(CCCCCC2)C1=O. The van der Waals surface area contributed by atoms with Gasteiger partial charge in [0.15, 0.2) is 0 Å². The molecule has 0 unspecified atom stereocenters. The number of anilines is 2. The minimum atomic E-state index is -0.876. The van der Waals surface area contributed by atoms with E-state index in [1.165, 1.54) is 0 Å². The molecule has 0 bridgehead atoms. The number of amides is 4. The smallest absolute Gasteiger partial charge is 0.325 e. The highest BCUT2D eigenvalue weighted by Crippen LogP contribution is 2.33. The first-order valence-electron chi connectivity index (χ1n) is 10.9. The summed E-state index contributed by atoms with van der Waals surface area (Å²) in [5.74, 6) is -0.636. The first-order chi connectivity index (χ1) is 14.5. The lowest BCUT2D eigenvalue weighted by molar-refractivity contribution is -0.136. The summed E-state index contributed by atoms with van der Waals surface area (Å²) in [7, 11) is 0. The predicted molar refractivity (Wildman–Crippen MR) is 113 cm³/mol. The van der Waals surface area contributed by atoms with Crippen LogP contribution in [0.1, 0.15) is 45.4 Å². The van der Waals surface area contributed by atoms with Crippen molar-refractivity contribution in [3.05, 3.63) is 24.3 Å². The third kappa shape index (κ3) is 4.01. The number of urea groups is 1. The lowest BCUT2D eigenvalue weighted by Gasteiger charge is -2.29. The molecule has 3 fully saturated rings. The van der Waals surface area contributed by atoms with Gasteiger partial charge in [-0.1, -0.05) is 25.7 Å². The summed E-state index contributed by atoms with van der Waals surface area (Å²) < 4.78 is 5.38. The molecule has 2 saturated heterocycles. The van der Waals surface area contributed by atoms with E-state index in [0.717, 1.165) is 49.4 Å². The van der Waals surface area contributed by atoms with Crippen LogP contribution in [0.5, 0.6) is 0 Å². The van der Waals surface area contributed by atoms with Crippen molar-refractivity contribution in [1.29, 1.82) is 0 Å². The van der Waals surface area contributed by atoms with E-state index < -0.39 is 17.6 Å². The fourth-order valence-corrected chi connectivity index (χ4v) is 4.61. The Hall–Kier alpha value is -2.61. The van der Waals surface area contributed by atoms with Crippen LogP contribution < -0.4 is 15.5 Å². The molecule has 2 N–H and O–H groups in total. The molecular formula is C22H30N4O4. The first kappa shape index (κ1) is 20.7. The number of carbonyl (C=O) groups is 3. The molecule has 1 atom stereocenters. The van der Waals surface area contributed by atoms with E-state index in [4.69, 9.17) is 4.74 Å². The molecule has 3 aliphatic rings. The van der Waals surface area contributed by atoms with Gasteiger partial charge in [0.25, 0.3) is 5.91 Å². The Morgan fingerprint density at radius 1 is 1.07 bits per heavy atom. The third-order valence-electron chi connectivity index (χ3n) is 6.43. The fourth-order valence-electron chi connectivity index (χ4n) is 4.61. The number of carbonyl (C=O) groups excluding carboxylic acids is 3. The van der Waals surface area contributed by atoms with Crippen molar-refractivity contribution in [2.45, 2.75) is 57.0 Å². The Labute approximate surface area is 176 Å². The van der Waals surface area contributed by atoms with Crippen molar-refractivity contribution < 1.29 is 19.1 Å². The lowest BCUT2D eigenvalue weighted by atomic mass is 9.90. The molecule has 30 heavy (non-hydrogen) atoms. The van der Waals surface area contributed by atoms with Crippen LogP contribution in [0.25, 0.3) is 0 Å². The lowest BCUT2D eigenvalue weighted by Crippen LogP contribution is -2.49. The van der Waals surface area contributed by atoms with E-state index in [9.17, 15) is 14.4 Å². The maximum absolute atomic E-state index is 13.1. The highest BCUT2D eigenvalue weighted by atomic mass is 16.5. The van der Waals surface area contributed by atoms with E-state index in [1.807, 2.05) is 24.3 Å². The summed E-state index contributed by atoms with van der Waals surface area (Å²) in [6.07, 6.45) is 5.26. The van der Waals surface area contributed by atoms with E-state index in [0.29, 0.717) is 31.7 Å². The summed E-state index contributed by atoms with van der Waals surface area (Å²) in [4.78, 5) is 41.8. The van der Waals surface area contributed by atoms with Crippen LogP contribution in [-0.4, -0.2) is 60.6 Å². The zero-order valence-electron chi connectivity index (χ0n) is 17.5. The summed E-state index contributed by atoms with van der Waals surface area (Å²) in [5.41, 5.74) is 0.885. The maximum atomic E-state index is 13.1. The number of morpholine rings is 1. The van der Waals surface area contributed by atoms with Crippen LogP contribution in [0.2, 0.25) is 0 Å². The van der Waals surface area contributed by atoms with E-state index in [2.05, 4.69) is 15.5 Å². The van der Waals surface area contributed by atoms with Gasteiger partial charge in [-0.3, -0.25) is 9.59 Å². The number of rotatable bonds is 4. The maximum Gasteiger partial charge on any atom is 0.325 e.